The molecule has 2 nitrogen and oxygen atoms in total. The molecular weight excluding hydrogens is 230 g/mol. The molecule has 0 amide bonds. The van der Waals surface area contributed by atoms with E-state index in [2.05, 4.69) is 21.2 Å². The van der Waals surface area contributed by atoms with Crippen LogP contribution in [0.1, 0.15) is 22.3 Å². The van der Waals surface area contributed by atoms with Crippen molar-refractivity contribution in [3.05, 3.63) is 27.7 Å². The minimum atomic E-state index is 0.251. The van der Waals surface area contributed by atoms with Gasteiger partial charge in [0.15, 0.2) is 5.78 Å². The first kappa shape index (κ1) is 8.75. The van der Waals surface area contributed by atoms with Crippen molar-refractivity contribution in [3.8, 4) is 0 Å². The van der Waals surface area contributed by atoms with Gasteiger partial charge in [-0.3, -0.25) is 4.79 Å². The summed E-state index contributed by atoms with van der Waals surface area (Å²) in [5, 5.41) is 3.04. The maximum absolute atomic E-state index is 11.5. The van der Waals surface area contributed by atoms with Crippen LogP contribution in [0.15, 0.2) is 16.6 Å². The Labute approximate surface area is 85.5 Å². The van der Waals surface area contributed by atoms with Crippen molar-refractivity contribution < 1.29 is 4.79 Å². The summed E-state index contributed by atoms with van der Waals surface area (Å²) in [5.74, 6) is 0.251. The van der Waals surface area contributed by atoms with Crippen LogP contribution >= 0.6 is 15.9 Å². The van der Waals surface area contributed by atoms with Crippen LogP contribution < -0.4 is 5.32 Å². The first-order valence-electron chi connectivity index (χ1n) is 4.26. The first-order valence-corrected chi connectivity index (χ1v) is 5.05. The number of anilines is 1. The topological polar surface area (TPSA) is 29.1 Å². The number of rotatable bonds is 1. The maximum Gasteiger partial charge on any atom is 0.165 e. The van der Waals surface area contributed by atoms with Crippen LogP contribution in [-0.4, -0.2) is 12.8 Å². The molecule has 1 aromatic rings. The van der Waals surface area contributed by atoms with Gasteiger partial charge >= 0.3 is 0 Å². The largest absolute Gasteiger partial charge is 0.388 e. The van der Waals surface area contributed by atoms with Gasteiger partial charge in [-0.2, -0.15) is 0 Å². The van der Waals surface area contributed by atoms with E-state index in [9.17, 15) is 4.79 Å². The highest BCUT2D eigenvalue weighted by molar-refractivity contribution is 9.10. The number of carbonyl (C=O) groups is 1. The molecule has 0 aromatic heterocycles. The zero-order valence-corrected chi connectivity index (χ0v) is 8.94. The van der Waals surface area contributed by atoms with Gasteiger partial charge in [0.2, 0.25) is 0 Å². The Hall–Kier alpha value is -0.830. The lowest BCUT2D eigenvalue weighted by molar-refractivity contribution is 0.0995. The second-order valence-corrected chi connectivity index (χ2v) is 3.98. The smallest absolute Gasteiger partial charge is 0.165 e. The third-order valence-corrected chi connectivity index (χ3v) is 3.15. The van der Waals surface area contributed by atoms with Crippen LogP contribution in [0.3, 0.4) is 0 Å². The van der Waals surface area contributed by atoms with E-state index in [0.717, 1.165) is 27.7 Å². The van der Waals surface area contributed by atoms with Crippen molar-refractivity contribution >= 4 is 27.4 Å². The lowest BCUT2D eigenvalue weighted by Crippen LogP contribution is -1.99. The number of Topliss-reactive ketones (excluding diaryl/α,β-unsaturated/α-hetero) is 1. The second kappa shape index (κ2) is 3.14. The molecule has 68 valence electrons. The fraction of sp³-hybridized carbons (Fsp3) is 0.300. The van der Waals surface area contributed by atoms with Gasteiger partial charge in [0.1, 0.15) is 0 Å². The summed E-state index contributed by atoms with van der Waals surface area (Å²) in [4.78, 5) is 11.5. The first-order chi connectivity index (χ1) is 6.24. The number of benzene rings is 1. The monoisotopic (exact) mass is 239 g/mol. The third kappa shape index (κ3) is 1.27. The Morgan fingerprint density at radius 3 is 2.85 bits per heavy atom. The highest BCUT2D eigenvalue weighted by atomic mass is 79.9. The Balaban J connectivity index is 2.66. The molecule has 3 heteroatoms. The molecule has 0 heterocycles. The van der Waals surface area contributed by atoms with Gasteiger partial charge in [0, 0.05) is 29.2 Å². The lowest BCUT2D eigenvalue weighted by Gasteiger charge is -2.07. The SMILES string of the molecule is CNc1ccc(Br)c2c1C(=O)CC2. The van der Waals surface area contributed by atoms with Crippen molar-refractivity contribution in [2.75, 3.05) is 12.4 Å². The number of carbonyl (C=O) groups excluding carboxylic acids is 1. The average molecular weight is 240 g/mol. The summed E-state index contributed by atoms with van der Waals surface area (Å²) in [7, 11) is 1.84. The third-order valence-electron chi connectivity index (χ3n) is 2.41. The van der Waals surface area contributed by atoms with E-state index in [0.29, 0.717) is 6.42 Å². The summed E-state index contributed by atoms with van der Waals surface area (Å²) in [5.41, 5.74) is 2.97. The molecule has 1 aliphatic carbocycles. The zero-order chi connectivity index (χ0) is 9.42. The molecular formula is C10H10BrNO. The van der Waals surface area contributed by atoms with Crippen LogP contribution in [0.5, 0.6) is 0 Å². The maximum atomic E-state index is 11.5. The van der Waals surface area contributed by atoms with E-state index in [4.69, 9.17) is 0 Å². The van der Waals surface area contributed by atoms with E-state index in [1.165, 1.54) is 0 Å². The van der Waals surface area contributed by atoms with Gasteiger partial charge in [0.25, 0.3) is 0 Å². The fourth-order valence-electron chi connectivity index (χ4n) is 1.76. The Morgan fingerprint density at radius 1 is 1.38 bits per heavy atom. The molecule has 0 fully saturated rings. The zero-order valence-electron chi connectivity index (χ0n) is 7.36. The number of ketones is 1. The van der Waals surface area contributed by atoms with Crippen LogP contribution in [0.4, 0.5) is 5.69 Å². The molecule has 1 aliphatic rings. The van der Waals surface area contributed by atoms with Crippen LogP contribution in [0, 0.1) is 0 Å². The van der Waals surface area contributed by atoms with Crippen LogP contribution in [-0.2, 0) is 6.42 Å². The molecule has 0 radical (unpaired) electrons. The van der Waals surface area contributed by atoms with Crippen molar-refractivity contribution in [1.82, 2.24) is 0 Å². The summed E-state index contributed by atoms with van der Waals surface area (Å²) in [6.45, 7) is 0. The van der Waals surface area contributed by atoms with Crippen LogP contribution in [0.25, 0.3) is 0 Å². The van der Waals surface area contributed by atoms with Gasteiger partial charge in [0.05, 0.1) is 0 Å². The molecule has 0 atom stereocenters. The standard InChI is InChI=1S/C10H10BrNO/c1-12-8-4-3-7(11)6-2-5-9(13)10(6)8/h3-4,12H,2,5H2,1H3. The number of hydrogen-bond donors (Lipinski definition) is 1. The Bertz CT molecular complexity index is 373. The Kier molecular flexibility index (Phi) is 2.12. The van der Waals surface area contributed by atoms with E-state index < -0.39 is 0 Å². The van der Waals surface area contributed by atoms with E-state index >= 15 is 0 Å². The normalized spacial score (nSPS) is 14.5. The quantitative estimate of drug-likeness (QED) is 0.817. The Morgan fingerprint density at radius 2 is 2.15 bits per heavy atom. The predicted molar refractivity (Wildman–Crippen MR) is 56.3 cm³/mol. The van der Waals surface area contributed by atoms with E-state index in [1.54, 1.807) is 0 Å². The molecule has 0 saturated carbocycles. The highest BCUT2D eigenvalue weighted by Crippen LogP contribution is 2.34. The lowest BCUT2D eigenvalue weighted by atomic mass is 10.1. The van der Waals surface area contributed by atoms with Crippen molar-refractivity contribution in [2.45, 2.75) is 12.8 Å². The van der Waals surface area contributed by atoms with E-state index in [1.807, 2.05) is 19.2 Å². The van der Waals surface area contributed by atoms with Crippen molar-refractivity contribution in [2.24, 2.45) is 0 Å². The summed E-state index contributed by atoms with van der Waals surface area (Å²) in [6.07, 6.45) is 1.51. The van der Waals surface area contributed by atoms with Crippen molar-refractivity contribution in [1.29, 1.82) is 0 Å². The number of hydrogen-bond acceptors (Lipinski definition) is 2. The van der Waals surface area contributed by atoms with Gasteiger partial charge in [-0.05, 0) is 24.1 Å². The molecule has 0 bridgehead atoms. The second-order valence-electron chi connectivity index (χ2n) is 3.12. The molecule has 0 saturated heterocycles. The minimum Gasteiger partial charge on any atom is -0.388 e. The molecule has 0 spiro atoms. The summed E-state index contributed by atoms with van der Waals surface area (Å²) < 4.78 is 1.05. The minimum absolute atomic E-state index is 0.251. The highest BCUT2D eigenvalue weighted by Gasteiger charge is 2.24. The molecule has 1 N–H and O–H groups in total. The summed E-state index contributed by atoms with van der Waals surface area (Å²) in [6, 6.07) is 3.93. The van der Waals surface area contributed by atoms with Gasteiger partial charge in [-0.15, -0.1) is 0 Å². The average Bonchev–Trinajstić information content (AvgIpc) is 2.51. The molecule has 2 rings (SSSR count). The number of halogens is 1. The summed E-state index contributed by atoms with van der Waals surface area (Å²) >= 11 is 3.46. The molecule has 13 heavy (non-hydrogen) atoms. The fourth-order valence-corrected chi connectivity index (χ4v) is 2.29. The molecule has 1 aromatic carbocycles. The molecule has 0 unspecified atom stereocenters. The molecule has 0 aliphatic heterocycles. The van der Waals surface area contributed by atoms with Crippen molar-refractivity contribution in [3.63, 3.8) is 0 Å². The predicted octanol–water partition coefficient (Wildman–Crippen LogP) is 2.62. The van der Waals surface area contributed by atoms with Gasteiger partial charge < -0.3 is 5.32 Å². The number of fused-ring (bicyclic) bond motifs is 1. The van der Waals surface area contributed by atoms with Gasteiger partial charge in [-0.25, -0.2) is 0 Å². The van der Waals surface area contributed by atoms with Gasteiger partial charge in [-0.1, -0.05) is 15.9 Å². The van der Waals surface area contributed by atoms with E-state index in [-0.39, 0.29) is 5.78 Å². The van der Waals surface area contributed by atoms with Crippen LogP contribution in [0.2, 0.25) is 0 Å². The number of nitrogens with one attached hydrogen (secondary N) is 1.